The molecule has 28 heavy (non-hydrogen) atoms. The van der Waals surface area contributed by atoms with E-state index in [0.717, 1.165) is 15.6 Å². The van der Waals surface area contributed by atoms with Gasteiger partial charge in [-0.1, -0.05) is 19.1 Å². The highest BCUT2D eigenvalue weighted by Crippen LogP contribution is 2.31. The standard InChI is InChI=1S/C21H25IN2O4/c1-5-13(2)24-20(25)15-8-6-7-14(9-15)12-23-21(26)16-10-18(27-3)19(28-4)11-17(16)22/h6-11,13H,5,12H2,1-4H3,(H,23,26)(H,24,25). The van der Waals surface area contributed by atoms with Crippen LogP contribution in [0.25, 0.3) is 0 Å². The summed E-state index contributed by atoms with van der Waals surface area (Å²) in [5, 5.41) is 5.83. The summed E-state index contributed by atoms with van der Waals surface area (Å²) in [5.74, 6) is 0.733. The summed E-state index contributed by atoms with van der Waals surface area (Å²) in [5.41, 5.74) is 1.93. The Labute approximate surface area is 179 Å². The summed E-state index contributed by atoms with van der Waals surface area (Å²) in [6.07, 6.45) is 0.867. The van der Waals surface area contributed by atoms with E-state index in [9.17, 15) is 9.59 Å². The number of rotatable bonds is 8. The van der Waals surface area contributed by atoms with Gasteiger partial charge < -0.3 is 20.1 Å². The van der Waals surface area contributed by atoms with Crippen LogP contribution in [-0.4, -0.2) is 32.1 Å². The van der Waals surface area contributed by atoms with Crippen LogP contribution in [0.3, 0.4) is 0 Å². The van der Waals surface area contributed by atoms with E-state index in [0.29, 0.717) is 29.2 Å². The van der Waals surface area contributed by atoms with E-state index in [1.807, 2.05) is 26.0 Å². The van der Waals surface area contributed by atoms with Gasteiger partial charge in [0, 0.05) is 21.7 Å². The van der Waals surface area contributed by atoms with Crippen molar-refractivity contribution in [3.05, 3.63) is 56.7 Å². The average molecular weight is 496 g/mol. The van der Waals surface area contributed by atoms with Crippen LogP contribution in [0.15, 0.2) is 36.4 Å². The first kappa shape index (κ1) is 22.0. The Balaban J connectivity index is 2.09. The lowest BCUT2D eigenvalue weighted by atomic mass is 10.1. The van der Waals surface area contributed by atoms with E-state index in [4.69, 9.17) is 9.47 Å². The summed E-state index contributed by atoms with van der Waals surface area (Å²) < 4.78 is 11.3. The molecule has 0 spiro atoms. The maximum absolute atomic E-state index is 12.6. The highest BCUT2D eigenvalue weighted by atomic mass is 127. The Morgan fingerprint density at radius 3 is 2.39 bits per heavy atom. The molecule has 0 aromatic heterocycles. The molecule has 7 heteroatoms. The smallest absolute Gasteiger partial charge is 0.252 e. The van der Waals surface area contributed by atoms with Gasteiger partial charge in [0.05, 0.1) is 19.8 Å². The predicted octanol–water partition coefficient (Wildman–Crippen LogP) is 3.77. The Morgan fingerprint density at radius 2 is 1.75 bits per heavy atom. The van der Waals surface area contributed by atoms with E-state index in [-0.39, 0.29) is 17.9 Å². The number of halogens is 1. The monoisotopic (exact) mass is 496 g/mol. The van der Waals surface area contributed by atoms with Gasteiger partial charge in [0.2, 0.25) is 0 Å². The molecule has 0 aliphatic heterocycles. The van der Waals surface area contributed by atoms with E-state index < -0.39 is 0 Å². The predicted molar refractivity (Wildman–Crippen MR) is 117 cm³/mol. The summed E-state index contributed by atoms with van der Waals surface area (Å²) >= 11 is 2.09. The molecule has 2 aromatic rings. The van der Waals surface area contributed by atoms with Gasteiger partial charge in [0.25, 0.3) is 11.8 Å². The van der Waals surface area contributed by atoms with Gasteiger partial charge in [-0.3, -0.25) is 9.59 Å². The number of nitrogens with one attached hydrogen (secondary N) is 2. The molecule has 150 valence electrons. The van der Waals surface area contributed by atoms with Crippen LogP contribution in [0, 0.1) is 3.57 Å². The molecule has 0 saturated heterocycles. The van der Waals surface area contributed by atoms with Crippen molar-refractivity contribution in [2.75, 3.05) is 14.2 Å². The molecule has 0 fully saturated rings. The molecule has 0 aliphatic carbocycles. The molecular formula is C21H25IN2O4. The average Bonchev–Trinajstić information content (AvgIpc) is 2.71. The zero-order chi connectivity index (χ0) is 20.7. The maximum Gasteiger partial charge on any atom is 0.252 e. The number of ether oxygens (including phenoxy) is 2. The minimum absolute atomic E-state index is 0.114. The summed E-state index contributed by atoms with van der Waals surface area (Å²) in [6, 6.07) is 10.8. The lowest BCUT2D eigenvalue weighted by Gasteiger charge is -2.13. The number of benzene rings is 2. The fraction of sp³-hybridized carbons (Fsp3) is 0.333. The van der Waals surface area contributed by atoms with E-state index in [1.165, 1.54) is 7.11 Å². The lowest BCUT2D eigenvalue weighted by molar-refractivity contribution is 0.0936. The van der Waals surface area contributed by atoms with Crippen molar-refractivity contribution in [1.82, 2.24) is 10.6 Å². The zero-order valence-electron chi connectivity index (χ0n) is 16.5. The van der Waals surface area contributed by atoms with Gasteiger partial charge in [-0.25, -0.2) is 0 Å². The van der Waals surface area contributed by atoms with Crippen LogP contribution in [-0.2, 0) is 6.54 Å². The molecule has 0 heterocycles. The third-order valence-corrected chi connectivity index (χ3v) is 5.24. The van der Waals surface area contributed by atoms with Crippen molar-refractivity contribution in [3.63, 3.8) is 0 Å². The van der Waals surface area contributed by atoms with Gasteiger partial charge in [-0.05, 0) is 65.8 Å². The molecule has 0 saturated carbocycles. The van der Waals surface area contributed by atoms with Crippen LogP contribution in [0.4, 0.5) is 0 Å². The number of hydrogen-bond donors (Lipinski definition) is 2. The van der Waals surface area contributed by atoms with Gasteiger partial charge in [-0.2, -0.15) is 0 Å². The number of carbonyl (C=O) groups excluding carboxylic acids is 2. The van der Waals surface area contributed by atoms with Crippen molar-refractivity contribution < 1.29 is 19.1 Å². The third-order valence-electron chi connectivity index (χ3n) is 4.35. The van der Waals surface area contributed by atoms with Crippen LogP contribution < -0.4 is 20.1 Å². The normalized spacial score (nSPS) is 11.5. The van der Waals surface area contributed by atoms with Crippen molar-refractivity contribution in [2.45, 2.75) is 32.9 Å². The molecule has 1 atom stereocenters. The number of hydrogen-bond acceptors (Lipinski definition) is 4. The van der Waals surface area contributed by atoms with Crippen molar-refractivity contribution in [2.24, 2.45) is 0 Å². The van der Waals surface area contributed by atoms with Crippen LogP contribution in [0.1, 0.15) is 46.5 Å². The first-order chi connectivity index (χ1) is 13.4. The Morgan fingerprint density at radius 1 is 1.07 bits per heavy atom. The first-order valence-electron chi connectivity index (χ1n) is 8.99. The minimum atomic E-state index is -0.222. The highest BCUT2D eigenvalue weighted by molar-refractivity contribution is 14.1. The molecule has 0 aliphatic rings. The fourth-order valence-corrected chi connectivity index (χ4v) is 3.22. The zero-order valence-corrected chi connectivity index (χ0v) is 18.6. The SMILES string of the molecule is CCC(C)NC(=O)c1cccc(CNC(=O)c2cc(OC)c(OC)cc2I)c1. The molecule has 0 bridgehead atoms. The quantitative estimate of drug-likeness (QED) is 0.546. The van der Waals surface area contributed by atoms with Crippen molar-refractivity contribution >= 4 is 34.4 Å². The molecule has 2 N–H and O–H groups in total. The lowest BCUT2D eigenvalue weighted by Crippen LogP contribution is -2.32. The number of carbonyl (C=O) groups is 2. The van der Waals surface area contributed by atoms with Crippen LogP contribution in [0.2, 0.25) is 0 Å². The van der Waals surface area contributed by atoms with Gasteiger partial charge in [-0.15, -0.1) is 0 Å². The maximum atomic E-state index is 12.6. The molecular weight excluding hydrogens is 471 g/mol. The summed E-state index contributed by atoms with van der Waals surface area (Å²) in [7, 11) is 3.08. The number of amides is 2. The number of methoxy groups -OCH3 is 2. The minimum Gasteiger partial charge on any atom is -0.493 e. The molecule has 1 unspecified atom stereocenters. The molecule has 2 rings (SSSR count). The Kier molecular flexibility index (Phi) is 8.10. The summed E-state index contributed by atoms with van der Waals surface area (Å²) in [4.78, 5) is 24.9. The van der Waals surface area contributed by atoms with Gasteiger partial charge >= 0.3 is 0 Å². The second-order valence-corrected chi connectivity index (χ2v) is 7.52. The van der Waals surface area contributed by atoms with Crippen LogP contribution >= 0.6 is 22.6 Å². The van der Waals surface area contributed by atoms with E-state index in [2.05, 4.69) is 33.2 Å². The first-order valence-corrected chi connectivity index (χ1v) is 10.1. The molecule has 0 radical (unpaired) electrons. The van der Waals surface area contributed by atoms with E-state index >= 15 is 0 Å². The highest BCUT2D eigenvalue weighted by Gasteiger charge is 2.16. The Hall–Kier alpha value is -2.29. The topological polar surface area (TPSA) is 76.7 Å². The second-order valence-electron chi connectivity index (χ2n) is 6.35. The Bertz CT molecular complexity index is 854. The second kappa shape index (κ2) is 10.3. The third kappa shape index (κ3) is 5.60. The molecule has 6 nitrogen and oxygen atoms in total. The molecule has 2 aromatic carbocycles. The van der Waals surface area contributed by atoms with Gasteiger partial charge in [0.15, 0.2) is 11.5 Å². The van der Waals surface area contributed by atoms with Crippen molar-refractivity contribution in [3.8, 4) is 11.5 Å². The van der Waals surface area contributed by atoms with E-state index in [1.54, 1.807) is 31.4 Å². The fourth-order valence-electron chi connectivity index (χ4n) is 2.54. The summed E-state index contributed by atoms with van der Waals surface area (Å²) in [6.45, 7) is 4.30. The largest absolute Gasteiger partial charge is 0.493 e. The van der Waals surface area contributed by atoms with Crippen LogP contribution in [0.5, 0.6) is 11.5 Å². The van der Waals surface area contributed by atoms with Gasteiger partial charge in [0.1, 0.15) is 0 Å². The molecule has 2 amide bonds. The van der Waals surface area contributed by atoms with Crippen molar-refractivity contribution in [1.29, 1.82) is 0 Å².